The first kappa shape index (κ1) is 18.8. The lowest BCUT2D eigenvalue weighted by atomic mass is 10.1. The Morgan fingerprint density at radius 2 is 2.21 bits per heavy atom. The smallest absolute Gasteiger partial charge is 0.257 e. The SMILES string of the molecule is CCC1CN(C(=O)c2cc(Cl)c(N)cc2OC)CCN1CC(C)O. The van der Waals surface area contributed by atoms with E-state index in [0.717, 1.165) is 13.0 Å². The number of nitrogen functional groups attached to an aromatic ring is 1. The van der Waals surface area contributed by atoms with Gasteiger partial charge < -0.3 is 20.5 Å². The molecule has 0 saturated carbocycles. The van der Waals surface area contributed by atoms with Crippen LogP contribution in [0, 0.1) is 0 Å². The van der Waals surface area contributed by atoms with E-state index >= 15 is 0 Å². The van der Waals surface area contributed by atoms with E-state index in [9.17, 15) is 9.90 Å². The van der Waals surface area contributed by atoms with E-state index in [0.29, 0.717) is 41.7 Å². The number of carbonyl (C=O) groups is 1. The van der Waals surface area contributed by atoms with Crippen LogP contribution in [0.3, 0.4) is 0 Å². The van der Waals surface area contributed by atoms with Crippen molar-refractivity contribution in [3.05, 3.63) is 22.7 Å². The minimum absolute atomic E-state index is 0.108. The molecule has 1 heterocycles. The number of carbonyl (C=O) groups excluding carboxylic acids is 1. The minimum Gasteiger partial charge on any atom is -0.496 e. The summed E-state index contributed by atoms with van der Waals surface area (Å²) in [7, 11) is 1.51. The molecule has 0 bridgehead atoms. The fraction of sp³-hybridized carbons (Fsp3) is 0.588. The summed E-state index contributed by atoms with van der Waals surface area (Å²) in [5.74, 6) is 0.324. The Morgan fingerprint density at radius 1 is 1.50 bits per heavy atom. The number of rotatable bonds is 5. The number of halogens is 1. The van der Waals surface area contributed by atoms with E-state index in [4.69, 9.17) is 22.1 Å². The number of amides is 1. The Hall–Kier alpha value is -1.50. The summed E-state index contributed by atoms with van der Waals surface area (Å²) in [5.41, 5.74) is 6.60. The highest BCUT2D eigenvalue weighted by Crippen LogP contribution is 2.30. The minimum atomic E-state index is -0.377. The first-order chi connectivity index (χ1) is 11.4. The van der Waals surface area contributed by atoms with Crippen molar-refractivity contribution in [2.75, 3.05) is 39.0 Å². The van der Waals surface area contributed by atoms with Gasteiger partial charge in [0.05, 0.1) is 29.5 Å². The average Bonchev–Trinajstić information content (AvgIpc) is 2.56. The van der Waals surface area contributed by atoms with Gasteiger partial charge in [0, 0.05) is 38.3 Å². The molecule has 7 heteroatoms. The predicted molar refractivity (Wildman–Crippen MR) is 95.7 cm³/mol. The maximum Gasteiger partial charge on any atom is 0.257 e. The summed E-state index contributed by atoms with van der Waals surface area (Å²) in [6.45, 7) is 6.46. The zero-order valence-electron chi connectivity index (χ0n) is 14.5. The van der Waals surface area contributed by atoms with Crippen LogP contribution in [0.4, 0.5) is 5.69 Å². The van der Waals surface area contributed by atoms with Crippen molar-refractivity contribution in [3.63, 3.8) is 0 Å². The number of aliphatic hydroxyl groups is 1. The van der Waals surface area contributed by atoms with Gasteiger partial charge in [-0.05, 0) is 19.4 Å². The fourth-order valence-electron chi connectivity index (χ4n) is 3.12. The lowest BCUT2D eigenvalue weighted by molar-refractivity contribution is 0.0308. The van der Waals surface area contributed by atoms with Gasteiger partial charge in [-0.25, -0.2) is 0 Å². The Balaban J connectivity index is 2.18. The molecule has 2 rings (SSSR count). The van der Waals surface area contributed by atoms with Crippen LogP contribution >= 0.6 is 11.6 Å². The van der Waals surface area contributed by atoms with Crippen molar-refractivity contribution in [2.45, 2.75) is 32.4 Å². The number of nitrogens with two attached hydrogens (primary N) is 1. The molecule has 6 nitrogen and oxygen atoms in total. The molecule has 1 aliphatic rings. The molecule has 1 aromatic carbocycles. The molecule has 2 atom stereocenters. The number of piperazine rings is 1. The summed E-state index contributed by atoms with van der Waals surface area (Å²) in [4.78, 5) is 17.0. The lowest BCUT2D eigenvalue weighted by Gasteiger charge is -2.41. The molecule has 1 fully saturated rings. The van der Waals surface area contributed by atoms with Crippen LogP contribution in [0.25, 0.3) is 0 Å². The third kappa shape index (κ3) is 4.12. The van der Waals surface area contributed by atoms with Gasteiger partial charge in [0.25, 0.3) is 5.91 Å². The Morgan fingerprint density at radius 3 is 2.79 bits per heavy atom. The molecule has 1 aromatic rings. The van der Waals surface area contributed by atoms with Crippen LogP contribution < -0.4 is 10.5 Å². The topological polar surface area (TPSA) is 79.0 Å². The molecule has 0 spiro atoms. The van der Waals surface area contributed by atoms with Crippen LogP contribution in [0.5, 0.6) is 5.75 Å². The van der Waals surface area contributed by atoms with E-state index < -0.39 is 0 Å². The normalized spacial score (nSPS) is 20.0. The zero-order chi connectivity index (χ0) is 17.9. The third-order valence-corrected chi connectivity index (χ3v) is 4.74. The largest absolute Gasteiger partial charge is 0.496 e. The molecule has 2 unspecified atom stereocenters. The summed E-state index contributed by atoms with van der Waals surface area (Å²) in [6, 6.07) is 3.38. The van der Waals surface area contributed by atoms with E-state index in [1.807, 2.05) is 4.90 Å². The van der Waals surface area contributed by atoms with Crippen LogP contribution in [-0.2, 0) is 0 Å². The third-order valence-electron chi connectivity index (χ3n) is 4.41. The molecular formula is C17H26ClN3O3. The summed E-state index contributed by atoms with van der Waals surface area (Å²) in [6.07, 6.45) is 0.535. The average molecular weight is 356 g/mol. The van der Waals surface area contributed by atoms with Gasteiger partial charge in [0.2, 0.25) is 0 Å². The molecule has 1 amide bonds. The highest BCUT2D eigenvalue weighted by Gasteiger charge is 2.30. The van der Waals surface area contributed by atoms with Crippen molar-refractivity contribution >= 4 is 23.2 Å². The van der Waals surface area contributed by atoms with E-state index in [2.05, 4.69) is 11.8 Å². The van der Waals surface area contributed by atoms with E-state index in [1.54, 1.807) is 19.1 Å². The number of anilines is 1. The van der Waals surface area contributed by atoms with Crippen molar-refractivity contribution in [1.29, 1.82) is 0 Å². The highest BCUT2D eigenvalue weighted by molar-refractivity contribution is 6.33. The molecule has 24 heavy (non-hydrogen) atoms. The first-order valence-corrected chi connectivity index (χ1v) is 8.59. The lowest BCUT2D eigenvalue weighted by Crippen LogP contribution is -2.55. The second kappa shape index (κ2) is 8.05. The number of methoxy groups -OCH3 is 1. The quantitative estimate of drug-likeness (QED) is 0.788. The van der Waals surface area contributed by atoms with Gasteiger partial charge in [-0.2, -0.15) is 0 Å². The molecule has 1 saturated heterocycles. The first-order valence-electron chi connectivity index (χ1n) is 8.21. The number of β-amino-alcohol motifs (C(OH)–C–C–N with tert-alkyl or cyclic N) is 1. The second-order valence-electron chi connectivity index (χ2n) is 6.23. The fourth-order valence-corrected chi connectivity index (χ4v) is 3.28. The number of nitrogens with zero attached hydrogens (tertiary/aromatic N) is 2. The van der Waals surface area contributed by atoms with Gasteiger partial charge >= 0.3 is 0 Å². The van der Waals surface area contributed by atoms with Crippen LogP contribution in [0.2, 0.25) is 5.02 Å². The van der Waals surface area contributed by atoms with E-state index in [1.165, 1.54) is 7.11 Å². The van der Waals surface area contributed by atoms with Crippen molar-refractivity contribution in [1.82, 2.24) is 9.80 Å². The zero-order valence-corrected chi connectivity index (χ0v) is 15.2. The molecule has 134 valence electrons. The monoisotopic (exact) mass is 355 g/mol. The number of benzene rings is 1. The van der Waals surface area contributed by atoms with Gasteiger partial charge in [0.15, 0.2) is 0 Å². The maximum atomic E-state index is 12.9. The second-order valence-corrected chi connectivity index (χ2v) is 6.64. The van der Waals surface area contributed by atoms with Gasteiger partial charge in [0.1, 0.15) is 5.75 Å². The van der Waals surface area contributed by atoms with Gasteiger partial charge in [-0.1, -0.05) is 18.5 Å². The number of ether oxygens (including phenoxy) is 1. The molecule has 1 aliphatic heterocycles. The Bertz CT molecular complexity index is 595. The highest BCUT2D eigenvalue weighted by atomic mass is 35.5. The summed E-state index contributed by atoms with van der Waals surface area (Å²) < 4.78 is 5.29. The molecule has 3 N–H and O–H groups in total. The van der Waals surface area contributed by atoms with Crippen molar-refractivity contribution in [3.8, 4) is 5.75 Å². The van der Waals surface area contributed by atoms with Gasteiger partial charge in [-0.15, -0.1) is 0 Å². The van der Waals surface area contributed by atoms with E-state index in [-0.39, 0.29) is 18.1 Å². The molecule has 0 aliphatic carbocycles. The number of hydrogen-bond acceptors (Lipinski definition) is 5. The summed E-state index contributed by atoms with van der Waals surface area (Å²) in [5, 5.41) is 9.98. The predicted octanol–water partition coefficient (Wildman–Crippen LogP) is 1.85. The maximum absolute atomic E-state index is 12.9. The standard InChI is InChI=1S/C17H26ClN3O3/c1-4-12-10-21(6-5-20(12)9-11(2)22)17(23)13-7-14(18)15(19)8-16(13)24-3/h7-8,11-12,22H,4-6,9-10,19H2,1-3H3. The Kier molecular flexibility index (Phi) is 6.32. The molecular weight excluding hydrogens is 330 g/mol. The van der Waals surface area contributed by atoms with Gasteiger partial charge in [-0.3, -0.25) is 9.69 Å². The van der Waals surface area contributed by atoms with Crippen LogP contribution in [0.15, 0.2) is 12.1 Å². The van der Waals surface area contributed by atoms with Crippen LogP contribution in [0.1, 0.15) is 30.6 Å². The number of hydrogen-bond donors (Lipinski definition) is 2. The molecule has 0 radical (unpaired) electrons. The number of aliphatic hydroxyl groups excluding tert-OH is 1. The van der Waals surface area contributed by atoms with Crippen molar-refractivity contribution in [2.24, 2.45) is 0 Å². The van der Waals surface area contributed by atoms with Crippen LogP contribution in [-0.4, -0.2) is 66.2 Å². The molecule has 0 aromatic heterocycles. The van der Waals surface area contributed by atoms with Crippen molar-refractivity contribution < 1.29 is 14.6 Å². The summed E-state index contributed by atoms with van der Waals surface area (Å²) >= 11 is 6.07. The Labute approximate surface area is 148 Å².